The Morgan fingerprint density at radius 1 is 0.509 bits per heavy atom. The number of carbonyl (C=O) groups is 2. The van der Waals surface area contributed by atoms with Gasteiger partial charge in [-0.3, -0.25) is 0 Å². The molecule has 0 saturated carbocycles. The summed E-state index contributed by atoms with van der Waals surface area (Å²) in [6, 6.07) is 9.06. The summed E-state index contributed by atoms with van der Waals surface area (Å²) in [5.74, 6) is 8.11. The maximum atomic E-state index is 12.6. The Balaban J connectivity index is 0. The molecule has 0 saturated heterocycles. The lowest BCUT2D eigenvalue weighted by Gasteiger charge is -2.36. The molecule has 106 heavy (non-hydrogen) atoms. The number of nitriles is 4. The highest BCUT2D eigenvalue weighted by molar-refractivity contribution is 5.95. The number of carbonyl (C=O) groups excluding carboxylic acids is 2. The van der Waals surface area contributed by atoms with Crippen molar-refractivity contribution in [2.45, 2.75) is 376 Å². The third-order valence-electron chi connectivity index (χ3n) is 21.9. The molecule has 0 aliphatic heterocycles. The lowest BCUT2D eigenvalue weighted by molar-refractivity contribution is -0.140. The molecule has 3 aliphatic rings. The number of nitrogens with zero attached hydrogens (tertiary/aromatic N) is 6. The molecule has 3 rings (SSSR count). The Bertz CT molecular complexity index is 2940. The van der Waals surface area contributed by atoms with Crippen molar-refractivity contribution < 1.29 is 19.1 Å². The third-order valence-corrected chi connectivity index (χ3v) is 21.9. The molecule has 10 nitrogen and oxygen atoms in total. The minimum absolute atomic E-state index is 0. The van der Waals surface area contributed by atoms with Crippen LogP contribution in [0, 0.1) is 116 Å². The SMILES string of the molecule is C.C#C/C(C#N)=C/C=C/N(CC(CC)CCCC)C(CC)CCCCC.C#C/C(C#N)=C1/C=C(N(CC(CC)CCCC)CC(CC)CCCC)CCC1.CCCCC(CC)CCC1=C/C(=C(/C#N)C(=O)OCC)CC(C)(C)C1.CCCCC(CC)COC(=O)/C(C#N)=C1\C=C(CC(C)CC)CC(C)(C)C1. The first-order valence-electron chi connectivity index (χ1n) is 42.5. The van der Waals surface area contributed by atoms with Crippen LogP contribution in [0.2, 0.25) is 0 Å². The molecule has 0 N–H and O–H groups in total. The van der Waals surface area contributed by atoms with E-state index in [1.54, 1.807) is 13.0 Å². The van der Waals surface area contributed by atoms with Crippen LogP contribution in [0.15, 0.2) is 92.4 Å². The lowest BCUT2D eigenvalue weighted by Crippen LogP contribution is -2.34. The molecule has 3 aliphatic carbocycles. The summed E-state index contributed by atoms with van der Waals surface area (Å²) in [4.78, 5) is 29.9. The summed E-state index contributed by atoms with van der Waals surface area (Å²) >= 11 is 0. The first-order chi connectivity index (χ1) is 50.4. The minimum Gasteiger partial charge on any atom is -0.462 e. The van der Waals surface area contributed by atoms with Gasteiger partial charge in [-0.2, -0.15) is 21.0 Å². The summed E-state index contributed by atoms with van der Waals surface area (Å²) in [5.41, 5.74) is 8.37. The molecule has 596 valence electrons. The second-order valence-corrected chi connectivity index (χ2v) is 32.3. The van der Waals surface area contributed by atoms with Crippen LogP contribution in [0.4, 0.5) is 0 Å². The summed E-state index contributed by atoms with van der Waals surface area (Å²) < 4.78 is 10.6. The van der Waals surface area contributed by atoms with Gasteiger partial charge in [0.2, 0.25) is 0 Å². The van der Waals surface area contributed by atoms with E-state index < -0.39 is 11.9 Å². The van der Waals surface area contributed by atoms with Gasteiger partial charge in [0.15, 0.2) is 0 Å². The maximum absolute atomic E-state index is 12.6. The van der Waals surface area contributed by atoms with Crippen molar-refractivity contribution >= 4 is 11.9 Å². The fraction of sp³-hybridized carbons (Fsp3) is 0.729. The predicted molar refractivity (Wildman–Crippen MR) is 453 cm³/mol. The van der Waals surface area contributed by atoms with E-state index in [-0.39, 0.29) is 29.4 Å². The summed E-state index contributed by atoms with van der Waals surface area (Å²) in [5, 5.41) is 37.4. The summed E-state index contributed by atoms with van der Waals surface area (Å²) in [7, 11) is 0. The van der Waals surface area contributed by atoms with E-state index in [0.717, 1.165) is 156 Å². The van der Waals surface area contributed by atoms with Crippen molar-refractivity contribution in [2.24, 2.45) is 46.3 Å². The third kappa shape index (κ3) is 42.9. The number of rotatable bonds is 46. The molecule has 0 aromatic carbocycles. The van der Waals surface area contributed by atoms with Crippen LogP contribution in [-0.2, 0) is 19.1 Å². The highest BCUT2D eigenvalue weighted by Crippen LogP contribution is 2.43. The molecule has 0 amide bonds. The normalized spacial score (nSPS) is 17.8. The van der Waals surface area contributed by atoms with E-state index >= 15 is 0 Å². The lowest BCUT2D eigenvalue weighted by atomic mass is 9.72. The number of esters is 2. The topological polar surface area (TPSA) is 154 Å². The maximum Gasteiger partial charge on any atom is 0.349 e. The van der Waals surface area contributed by atoms with Gasteiger partial charge in [-0.25, -0.2) is 9.59 Å². The Morgan fingerprint density at radius 2 is 0.981 bits per heavy atom. The fourth-order valence-corrected chi connectivity index (χ4v) is 15.0. The van der Waals surface area contributed by atoms with E-state index in [2.05, 4.69) is 189 Å². The van der Waals surface area contributed by atoms with Crippen LogP contribution in [-0.4, -0.2) is 60.6 Å². The van der Waals surface area contributed by atoms with Crippen molar-refractivity contribution in [3.05, 3.63) is 92.4 Å². The molecule has 0 bridgehead atoms. The van der Waals surface area contributed by atoms with E-state index in [1.165, 1.54) is 152 Å². The number of ether oxygens (including phenoxy) is 2. The van der Waals surface area contributed by atoms with Gasteiger partial charge in [0, 0.05) is 31.4 Å². The molecule has 0 fully saturated rings. The van der Waals surface area contributed by atoms with Crippen LogP contribution < -0.4 is 0 Å². The Labute approximate surface area is 655 Å². The monoisotopic (exact) mass is 1460 g/mol. The fourth-order valence-electron chi connectivity index (χ4n) is 15.0. The van der Waals surface area contributed by atoms with E-state index in [9.17, 15) is 25.4 Å². The largest absolute Gasteiger partial charge is 0.462 e. The van der Waals surface area contributed by atoms with E-state index in [0.29, 0.717) is 42.2 Å². The van der Waals surface area contributed by atoms with Crippen molar-refractivity contribution in [1.82, 2.24) is 9.80 Å². The van der Waals surface area contributed by atoms with Crippen LogP contribution in [0.25, 0.3) is 0 Å². The first-order valence-corrected chi connectivity index (χ1v) is 42.5. The molecule has 7 unspecified atom stereocenters. The van der Waals surface area contributed by atoms with Crippen molar-refractivity contribution in [3.8, 4) is 49.0 Å². The van der Waals surface area contributed by atoms with Gasteiger partial charge in [0.25, 0.3) is 0 Å². The van der Waals surface area contributed by atoms with Crippen molar-refractivity contribution in [3.63, 3.8) is 0 Å². The molecule has 10 heteroatoms. The van der Waals surface area contributed by atoms with Crippen LogP contribution >= 0.6 is 0 Å². The molecule has 0 spiro atoms. The van der Waals surface area contributed by atoms with Gasteiger partial charge in [0.05, 0.1) is 13.2 Å². The zero-order chi connectivity index (χ0) is 79.0. The standard InChI is InChI=1S/C26H42N2.C24H39NO2.C23H38N2.C22H35NO2.CH4/c1-6-11-14-22(8-3)20-28(21-23(9-4)15-12-7-2)26-17-13-16-25(18-26)24(10-5)19-27;1-7-10-11-19(9-3)17-27-23(26)22(16-25)21-13-20(12-18(4)8-2)14-24(5,6)15-21;1-6-11-13-17-23(10-5)25(18-14-16-21(8-3)19-24)20-22(9-4)15-12-7-2;1-6-9-10-17(7-2)11-12-18-13-19(15-22(4,5)14-18)20(16-23)21(24)25-8-3;/h5,18,22-23H,6-9,11-17,20-21H2,1-4H3;13,18-19H,7-12,14-15,17H2,1-6H3;3,14,16,18,22-23H,6-7,9-13,15,17,20H2,1-2,4-5H3;13,17H,6-12,14-15H2,1-5H3;1H4/b25-24-;22-21+;18-14+,21-16-;20-19+;. The van der Waals surface area contributed by atoms with Gasteiger partial charge >= 0.3 is 11.9 Å². The van der Waals surface area contributed by atoms with Gasteiger partial charge < -0.3 is 19.3 Å². The first kappa shape index (κ1) is 102. The van der Waals surface area contributed by atoms with Crippen LogP contribution in [0.5, 0.6) is 0 Å². The summed E-state index contributed by atoms with van der Waals surface area (Å²) in [6.45, 7) is 46.4. The van der Waals surface area contributed by atoms with E-state index in [4.69, 9.17) is 27.6 Å². The van der Waals surface area contributed by atoms with Crippen molar-refractivity contribution in [1.29, 1.82) is 21.0 Å². The van der Waals surface area contributed by atoms with Crippen molar-refractivity contribution in [2.75, 3.05) is 32.8 Å². The molecule has 0 aromatic heterocycles. The minimum atomic E-state index is -0.484. The number of terminal acetylenes is 2. The smallest absolute Gasteiger partial charge is 0.349 e. The Hall–Kier alpha value is -6.46. The molecule has 0 aromatic rings. The van der Waals surface area contributed by atoms with E-state index in [1.807, 2.05) is 12.1 Å². The Morgan fingerprint density at radius 3 is 1.42 bits per heavy atom. The van der Waals surface area contributed by atoms with Gasteiger partial charge in [-0.15, -0.1) is 12.8 Å². The second-order valence-electron chi connectivity index (χ2n) is 32.3. The predicted octanol–water partition coefficient (Wildman–Crippen LogP) is 27.2. The van der Waals surface area contributed by atoms with Crippen LogP contribution in [0.3, 0.4) is 0 Å². The zero-order valence-electron chi connectivity index (χ0n) is 71.0. The molecule has 7 atom stereocenters. The van der Waals surface area contributed by atoms with Gasteiger partial charge in [0.1, 0.15) is 46.6 Å². The van der Waals surface area contributed by atoms with Gasteiger partial charge in [-0.1, -0.05) is 296 Å². The average Bonchev–Trinajstić information content (AvgIpc) is 0.821. The summed E-state index contributed by atoms with van der Waals surface area (Å²) in [6.07, 6.45) is 65.5. The van der Waals surface area contributed by atoms with Gasteiger partial charge in [-0.05, 0) is 197 Å². The zero-order valence-corrected chi connectivity index (χ0v) is 71.0. The number of unbranched alkanes of at least 4 members (excludes halogenated alkanes) is 7. The molecule has 0 heterocycles. The molecular weight excluding hydrogens is 1300 g/mol. The highest BCUT2D eigenvalue weighted by Gasteiger charge is 2.32. The highest BCUT2D eigenvalue weighted by atomic mass is 16.5. The molecular formula is C96H158N6O4. The van der Waals surface area contributed by atoms with Crippen LogP contribution in [0.1, 0.15) is 370 Å². The quantitative estimate of drug-likeness (QED) is 0.0144. The number of hydrogen-bond acceptors (Lipinski definition) is 10. The Kier molecular flexibility index (Phi) is 58.9. The average molecular weight is 1460 g/mol. The second kappa shape index (κ2) is 61.4. The number of hydrogen-bond donors (Lipinski definition) is 0. The molecule has 0 radical (unpaired) electrons. The number of allylic oxidation sites excluding steroid dienone is 13.